The van der Waals surface area contributed by atoms with Gasteiger partial charge in [-0.1, -0.05) is 63.4 Å². The van der Waals surface area contributed by atoms with Crippen molar-refractivity contribution in [3.8, 4) is 10.6 Å². The normalized spacial score (nSPS) is 11.0. The highest BCUT2D eigenvalue weighted by Crippen LogP contribution is 2.30. The topological polar surface area (TPSA) is 114 Å². The third kappa shape index (κ3) is 5.42. The Kier molecular flexibility index (Phi) is 8.21. The first-order valence-electron chi connectivity index (χ1n) is 11.4. The molecule has 0 aliphatic carbocycles. The summed E-state index contributed by atoms with van der Waals surface area (Å²) >= 11 is 1.29. The molecule has 0 aliphatic heterocycles. The molecule has 0 unspecified atom stereocenters. The van der Waals surface area contributed by atoms with Gasteiger partial charge in [0.2, 0.25) is 0 Å². The number of thiazole rings is 1. The van der Waals surface area contributed by atoms with Crippen molar-refractivity contribution in [2.45, 2.75) is 59.4 Å². The summed E-state index contributed by atoms with van der Waals surface area (Å²) in [7, 11) is 0. The second-order valence-corrected chi connectivity index (χ2v) is 8.96. The van der Waals surface area contributed by atoms with E-state index in [2.05, 4.69) is 16.9 Å². The van der Waals surface area contributed by atoms with E-state index in [9.17, 15) is 14.4 Å². The van der Waals surface area contributed by atoms with Crippen LogP contribution in [0.4, 0.5) is 11.5 Å². The lowest BCUT2D eigenvalue weighted by atomic mass is 10.2. The van der Waals surface area contributed by atoms with Crippen LogP contribution in [-0.4, -0.2) is 27.0 Å². The Morgan fingerprint density at radius 3 is 2.48 bits per heavy atom. The molecule has 2 aromatic heterocycles. The minimum absolute atomic E-state index is 0.0208. The maximum Gasteiger partial charge on any atom is 0.330 e. The number of nitrogens with one attached hydrogen (secondary N) is 1. The third-order valence-corrected chi connectivity index (χ3v) is 6.66. The fourth-order valence-electron chi connectivity index (χ4n) is 3.63. The molecule has 0 radical (unpaired) electrons. The molecule has 2 heterocycles. The van der Waals surface area contributed by atoms with Crippen molar-refractivity contribution in [1.29, 1.82) is 0 Å². The van der Waals surface area contributed by atoms with E-state index < -0.39 is 11.2 Å². The van der Waals surface area contributed by atoms with Crippen LogP contribution in [0.2, 0.25) is 0 Å². The largest absolute Gasteiger partial charge is 0.383 e. The first-order chi connectivity index (χ1) is 15.9. The lowest BCUT2D eigenvalue weighted by molar-refractivity contribution is 0.0989. The monoisotopic (exact) mass is 469 g/mol. The van der Waals surface area contributed by atoms with E-state index in [1.165, 1.54) is 20.8 Å². The van der Waals surface area contributed by atoms with Gasteiger partial charge in [-0.15, -0.1) is 11.3 Å². The highest BCUT2D eigenvalue weighted by Gasteiger charge is 2.28. The molecule has 3 aromatic rings. The number of carbonyl (C=O) groups excluding carboxylic acids is 1. The van der Waals surface area contributed by atoms with Gasteiger partial charge in [0.05, 0.1) is 5.69 Å². The number of nitrogens with two attached hydrogens (primary N) is 1. The van der Waals surface area contributed by atoms with Crippen LogP contribution < -0.4 is 21.9 Å². The zero-order chi connectivity index (χ0) is 24.0. The van der Waals surface area contributed by atoms with Crippen molar-refractivity contribution >= 4 is 28.7 Å². The molecule has 8 nitrogen and oxygen atoms in total. The molecular formula is C24H31N5O3S. The van der Waals surface area contributed by atoms with E-state index in [0.29, 0.717) is 30.1 Å². The summed E-state index contributed by atoms with van der Waals surface area (Å²) in [5.41, 5.74) is 6.65. The molecule has 0 atom stereocenters. The number of nitrogen functional groups attached to an aromatic ring is 1. The average Bonchev–Trinajstić information content (AvgIpc) is 3.19. The van der Waals surface area contributed by atoms with Gasteiger partial charge in [-0.2, -0.15) is 0 Å². The number of aromatic amines is 1. The van der Waals surface area contributed by atoms with Gasteiger partial charge in [-0.3, -0.25) is 24.0 Å². The summed E-state index contributed by atoms with van der Waals surface area (Å²) < 4.78 is 1.34. The molecule has 1 aromatic carbocycles. The van der Waals surface area contributed by atoms with Crippen LogP contribution in [0.5, 0.6) is 0 Å². The fraction of sp³-hybridized carbons (Fsp3) is 0.417. The minimum atomic E-state index is -0.652. The number of carbonyl (C=O) groups is 1. The number of hydrogen-bond donors (Lipinski definition) is 2. The zero-order valence-electron chi connectivity index (χ0n) is 19.4. The molecule has 176 valence electrons. The van der Waals surface area contributed by atoms with Gasteiger partial charge in [0, 0.05) is 18.7 Å². The smallest absolute Gasteiger partial charge is 0.330 e. The Hall–Kier alpha value is -3.20. The van der Waals surface area contributed by atoms with E-state index in [-0.39, 0.29) is 17.4 Å². The van der Waals surface area contributed by atoms with E-state index in [0.717, 1.165) is 36.3 Å². The van der Waals surface area contributed by atoms with Crippen molar-refractivity contribution in [2.24, 2.45) is 0 Å². The van der Waals surface area contributed by atoms with E-state index in [1.54, 1.807) is 6.92 Å². The lowest BCUT2D eigenvalue weighted by Crippen LogP contribution is -2.41. The minimum Gasteiger partial charge on any atom is -0.383 e. The number of rotatable bonds is 10. The van der Waals surface area contributed by atoms with Gasteiger partial charge in [-0.25, -0.2) is 9.78 Å². The number of benzene rings is 1. The maximum absolute atomic E-state index is 13.7. The van der Waals surface area contributed by atoms with E-state index >= 15 is 0 Å². The second kappa shape index (κ2) is 11.1. The van der Waals surface area contributed by atoms with Crippen LogP contribution in [-0.2, 0) is 6.54 Å². The molecule has 3 rings (SSSR count). The SMILES string of the molecule is CCCCCN(C(=O)c1sc(-c2ccccc2)nc1C)c1c(N)n(CCCC)c(=O)[nH]c1=O. The van der Waals surface area contributed by atoms with Crippen molar-refractivity contribution in [1.82, 2.24) is 14.5 Å². The first kappa shape index (κ1) is 24.4. The molecule has 0 saturated carbocycles. The first-order valence-corrected chi connectivity index (χ1v) is 12.2. The predicted molar refractivity (Wildman–Crippen MR) is 134 cm³/mol. The molecule has 9 heteroatoms. The summed E-state index contributed by atoms with van der Waals surface area (Å²) in [6.07, 6.45) is 4.16. The maximum atomic E-state index is 13.7. The molecular weight excluding hydrogens is 438 g/mol. The van der Waals surface area contributed by atoms with Gasteiger partial charge in [0.1, 0.15) is 15.7 Å². The summed E-state index contributed by atoms with van der Waals surface area (Å²) in [6, 6.07) is 9.65. The number of aryl methyl sites for hydroxylation is 1. The second-order valence-electron chi connectivity index (χ2n) is 7.96. The number of unbranched alkanes of at least 4 members (excludes halogenated alkanes) is 3. The number of anilines is 2. The van der Waals surface area contributed by atoms with Crippen LogP contribution in [0.1, 0.15) is 61.3 Å². The quantitative estimate of drug-likeness (QED) is 0.432. The number of amides is 1. The Bertz CT molecular complexity index is 1210. The van der Waals surface area contributed by atoms with E-state index in [4.69, 9.17) is 5.73 Å². The van der Waals surface area contributed by atoms with Crippen molar-refractivity contribution in [2.75, 3.05) is 17.2 Å². The number of H-pyrrole nitrogens is 1. The third-order valence-electron chi connectivity index (χ3n) is 5.46. The predicted octanol–water partition coefficient (Wildman–Crippen LogP) is 4.19. The molecule has 0 bridgehead atoms. The lowest BCUT2D eigenvalue weighted by Gasteiger charge is -2.24. The van der Waals surface area contributed by atoms with Gasteiger partial charge in [0.25, 0.3) is 11.5 Å². The van der Waals surface area contributed by atoms with Gasteiger partial charge in [0.15, 0.2) is 5.69 Å². The van der Waals surface area contributed by atoms with Gasteiger partial charge in [-0.05, 0) is 19.8 Å². The molecule has 0 aliphatic rings. The average molecular weight is 470 g/mol. The standard InChI is InChI=1S/C24H31N5O3S/c1-4-6-11-15-28(18-20(25)29(14-7-5-2)24(32)27-21(18)30)23(31)19-16(3)26-22(33-19)17-12-9-8-10-13-17/h8-10,12-13H,4-7,11,14-15,25H2,1-3H3,(H,27,30,32). The highest BCUT2D eigenvalue weighted by atomic mass is 32.1. The Morgan fingerprint density at radius 2 is 1.82 bits per heavy atom. The summed E-state index contributed by atoms with van der Waals surface area (Å²) in [5.74, 6) is -0.311. The number of hydrogen-bond acceptors (Lipinski definition) is 6. The molecule has 3 N–H and O–H groups in total. The fourth-order valence-corrected chi connectivity index (χ4v) is 4.65. The highest BCUT2D eigenvalue weighted by molar-refractivity contribution is 7.17. The van der Waals surface area contributed by atoms with Crippen LogP contribution >= 0.6 is 11.3 Å². The molecule has 0 spiro atoms. The summed E-state index contributed by atoms with van der Waals surface area (Å²) in [4.78, 5) is 47.8. The molecule has 0 fully saturated rings. The summed E-state index contributed by atoms with van der Waals surface area (Å²) in [5, 5.41) is 0.736. The van der Waals surface area contributed by atoms with Gasteiger partial charge < -0.3 is 5.73 Å². The van der Waals surface area contributed by atoms with E-state index in [1.807, 2.05) is 37.3 Å². The molecule has 1 amide bonds. The molecule has 33 heavy (non-hydrogen) atoms. The van der Waals surface area contributed by atoms with Crippen molar-refractivity contribution in [3.05, 3.63) is 61.7 Å². The summed E-state index contributed by atoms with van der Waals surface area (Å²) in [6.45, 7) is 6.56. The Balaban J connectivity index is 2.08. The van der Waals surface area contributed by atoms with Crippen LogP contribution in [0, 0.1) is 6.92 Å². The number of aromatic nitrogens is 3. The van der Waals surface area contributed by atoms with Gasteiger partial charge >= 0.3 is 5.69 Å². The van der Waals surface area contributed by atoms with Crippen molar-refractivity contribution in [3.63, 3.8) is 0 Å². The van der Waals surface area contributed by atoms with Crippen LogP contribution in [0.25, 0.3) is 10.6 Å². The Labute approximate surface area is 197 Å². The van der Waals surface area contributed by atoms with Crippen LogP contribution in [0.3, 0.4) is 0 Å². The van der Waals surface area contributed by atoms with Crippen LogP contribution in [0.15, 0.2) is 39.9 Å². The zero-order valence-corrected chi connectivity index (χ0v) is 20.2. The number of nitrogens with zero attached hydrogens (tertiary/aromatic N) is 3. The Morgan fingerprint density at radius 1 is 1.12 bits per heavy atom. The molecule has 0 saturated heterocycles. The van der Waals surface area contributed by atoms with Crippen molar-refractivity contribution < 1.29 is 4.79 Å².